The molecule has 19 heavy (non-hydrogen) atoms. The fourth-order valence-corrected chi connectivity index (χ4v) is 2.84. The van der Waals surface area contributed by atoms with E-state index in [9.17, 15) is 4.39 Å². The molecule has 0 spiro atoms. The monoisotopic (exact) mass is 263 g/mol. The predicted octanol–water partition coefficient (Wildman–Crippen LogP) is 4.62. The lowest BCUT2D eigenvalue weighted by Crippen LogP contribution is -2.32. The van der Waals surface area contributed by atoms with Gasteiger partial charge in [0.2, 0.25) is 0 Å². The Hall–Kier alpha value is -0.890. The van der Waals surface area contributed by atoms with Crippen LogP contribution in [0.2, 0.25) is 0 Å². The van der Waals surface area contributed by atoms with Gasteiger partial charge in [0.15, 0.2) is 0 Å². The molecular formula is C17H26FN. The van der Waals surface area contributed by atoms with Crippen LogP contribution in [0.25, 0.3) is 0 Å². The molecule has 1 nitrogen and oxygen atoms in total. The maximum atomic E-state index is 13.6. The summed E-state index contributed by atoms with van der Waals surface area (Å²) in [6, 6.07) is 6.05. The highest BCUT2D eigenvalue weighted by Gasteiger charge is 2.17. The third kappa shape index (κ3) is 4.31. The minimum absolute atomic E-state index is 0.111. The van der Waals surface area contributed by atoms with Gasteiger partial charge in [0.25, 0.3) is 0 Å². The Labute approximate surface area is 116 Å². The SMILES string of the molecule is CC1CCC(NCc2cc(F)cc(C(C)C)c2)CC1. The largest absolute Gasteiger partial charge is 0.310 e. The van der Waals surface area contributed by atoms with Crippen LogP contribution in [0.5, 0.6) is 0 Å². The number of rotatable bonds is 4. The Morgan fingerprint density at radius 1 is 1.16 bits per heavy atom. The van der Waals surface area contributed by atoms with Crippen molar-refractivity contribution in [1.29, 1.82) is 0 Å². The molecular weight excluding hydrogens is 237 g/mol. The van der Waals surface area contributed by atoms with Gasteiger partial charge < -0.3 is 5.32 Å². The summed E-state index contributed by atoms with van der Waals surface area (Å²) >= 11 is 0. The quantitative estimate of drug-likeness (QED) is 0.836. The Morgan fingerprint density at radius 3 is 2.47 bits per heavy atom. The van der Waals surface area contributed by atoms with E-state index >= 15 is 0 Å². The summed E-state index contributed by atoms with van der Waals surface area (Å²) in [6.07, 6.45) is 5.15. The van der Waals surface area contributed by atoms with Gasteiger partial charge in [0.1, 0.15) is 5.82 Å². The van der Waals surface area contributed by atoms with Crippen LogP contribution in [0.4, 0.5) is 4.39 Å². The fourth-order valence-electron chi connectivity index (χ4n) is 2.84. The van der Waals surface area contributed by atoms with Crippen LogP contribution in [0.3, 0.4) is 0 Å². The topological polar surface area (TPSA) is 12.0 Å². The molecule has 1 aliphatic rings. The van der Waals surface area contributed by atoms with Crippen LogP contribution in [-0.2, 0) is 6.54 Å². The Balaban J connectivity index is 1.92. The van der Waals surface area contributed by atoms with E-state index in [1.54, 1.807) is 12.1 Å². The van der Waals surface area contributed by atoms with E-state index in [-0.39, 0.29) is 5.82 Å². The van der Waals surface area contributed by atoms with E-state index < -0.39 is 0 Å². The second-order valence-electron chi connectivity index (χ2n) is 6.39. The molecule has 0 aliphatic heterocycles. The summed E-state index contributed by atoms with van der Waals surface area (Å²) < 4.78 is 13.6. The van der Waals surface area contributed by atoms with E-state index in [4.69, 9.17) is 0 Å². The van der Waals surface area contributed by atoms with Crippen molar-refractivity contribution in [3.05, 3.63) is 35.1 Å². The molecule has 106 valence electrons. The van der Waals surface area contributed by atoms with Crippen LogP contribution >= 0.6 is 0 Å². The van der Waals surface area contributed by atoms with Gasteiger partial charge in [-0.05, 0) is 60.8 Å². The third-order valence-electron chi connectivity index (χ3n) is 4.26. The molecule has 0 unspecified atom stereocenters. The van der Waals surface area contributed by atoms with Gasteiger partial charge in [0, 0.05) is 12.6 Å². The van der Waals surface area contributed by atoms with Gasteiger partial charge in [-0.25, -0.2) is 4.39 Å². The maximum absolute atomic E-state index is 13.6. The second-order valence-corrected chi connectivity index (χ2v) is 6.39. The second kappa shape index (κ2) is 6.51. The van der Waals surface area contributed by atoms with Crippen LogP contribution in [-0.4, -0.2) is 6.04 Å². The molecule has 0 radical (unpaired) electrons. The van der Waals surface area contributed by atoms with Gasteiger partial charge in [0.05, 0.1) is 0 Å². The first-order chi connectivity index (χ1) is 9.04. The van der Waals surface area contributed by atoms with Gasteiger partial charge in [-0.1, -0.05) is 26.8 Å². The Kier molecular flexibility index (Phi) is 4.98. The first-order valence-corrected chi connectivity index (χ1v) is 7.57. The van der Waals surface area contributed by atoms with Crippen LogP contribution in [0.15, 0.2) is 18.2 Å². The summed E-state index contributed by atoms with van der Waals surface area (Å²) in [4.78, 5) is 0. The fraction of sp³-hybridized carbons (Fsp3) is 0.647. The summed E-state index contributed by atoms with van der Waals surface area (Å²) in [7, 11) is 0. The Bertz CT molecular complexity index is 406. The van der Waals surface area contributed by atoms with Crippen molar-refractivity contribution < 1.29 is 4.39 Å². The van der Waals surface area contributed by atoms with Crippen molar-refractivity contribution in [2.45, 2.75) is 65.0 Å². The minimum Gasteiger partial charge on any atom is -0.310 e. The van der Waals surface area contributed by atoms with E-state index in [1.165, 1.54) is 25.7 Å². The van der Waals surface area contributed by atoms with Gasteiger partial charge in [-0.15, -0.1) is 0 Å². The van der Waals surface area contributed by atoms with Crippen molar-refractivity contribution in [2.24, 2.45) is 5.92 Å². The highest BCUT2D eigenvalue weighted by molar-refractivity contribution is 5.26. The zero-order valence-corrected chi connectivity index (χ0v) is 12.4. The molecule has 1 aliphatic carbocycles. The lowest BCUT2D eigenvalue weighted by atomic mass is 9.87. The normalized spacial score (nSPS) is 23.8. The smallest absolute Gasteiger partial charge is 0.123 e. The first kappa shape index (κ1) is 14.5. The average Bonchev–Trinajstić information content (AvgIpc) is 2.37. The zero-order valence-electron chi connectivity index (χ0n) is 12.4. The number of halogens is 1. The van der Waals surface area contributed by atoms with Crippen LogP contribution in [0.1, 0.15) is 63.5 Å². The molecule has 1 saturated carbocycles. The molecule has 0 saturated heterocycles. The number of nitrogens with one attached hydrogen (secondary N) is 1. The molecule has 0 bridgehead atoms. The zero-order chi connectivity index (χ0) is 13.8. The molecule has 1 N–H and O–H groups in total. The van der Waals surface area contributed by atoms with Crippen molar-refractivity contribution in [3.63, 3.8) is 0 Å². The lowest BCUT2D eigenvalue weighted by molar-refractivity contribution is 0.306. The van der Waals surface area contributed by atoms with Gasteiger partial charge in [-0.2, -0.15) is 0 Å². The van der Waals surface area contributed by atoms with Crippen molar-refractivity contribution in [3.8, 4) is 0 Å². The van der Waals surface area contributed by atoms with Gasteiger partial charge >= 0.3 is 0 Å². The molecule has 1 aromatic carbocycles. The van der Waals surface area contributed by atoms with Crippen molar-refractivity contribution >= 4 is 0 Å². The van der Waals surface area contributed by atoms with Crippen LogP contribution in [0, 0.1) is 11.7 Å². The van der Waals surface area contributed by atoms with E-state index in [0.29, 0.717) is 12.0 Å². The van der Waals surface area contributed by atoms with Crippen molar-refractivity contribution in [1.82, 2.24) is 5.32 Å². The molecule has 0 atom stereocenters. The molecule has 0 amide bonds. The maximum Gasteiger partial charge on any atom is 0.123 e. The number of hydrogen-bond acceptors (Lipinski definition) is 1. The van der Waals surface area contributed by atoms with E-state index in [1.807, 2.05) is 0 Å². The summed E-state index contributed by atoms with van der Waals surface area (Å²) in [5.41, 5.74) is 2.16. The van der Waals surface area contributed by atoms with E-state index in [0.717, 1.165) is 23.6 Å². The highest BCUT2D eigenvalue weighted by atomic mass is 19.1. The summed E-state index contributed by atoms with van der Waals surface area (Å²) in [5.74, 6) is 1.14. The molecule has 1 fully saturated rings. The highest BCUT2D eigenvalue weighted by Crippen LogP contribution is 2.24. The minimum atomic E-state index is -0.111. The first-order valence-electron chi connectivity index (χ1n) is 7.57. The average molecular weight is 263 g/mol. The molecule has 2 rings (SSSR count). The number of benzene rings is 1. The predicted molar refractivity (Wildman–Crippen MR) is 78.7 cm³/mol. The Morgan fingerprint density at radius 2 is 1.84 bits per heavy atom. The van der Waals surface area contributed by atoms with Crippen LogP contribution < -0.4 is 5.32 Å². The third-order valence-corrected chi connectivity index (χ3v) is 4.26. The summed E-state index contributed by atoms with van der Waals surface area (Å²) in [6.45, 7) is 7.33. The molecule has 0 heterocycles. The molecule has 0 aromatic heterocycles. The van der Waals surface area contributed by atoms with E-state index in [2.05, 4.69) is 32.2 Å². The van der Waals surface area contributed by atoms with Gasteiger partial charge in [-0.3, -0.25) is 0 Å². The molecule has 2 heteroatoms. The van der Waals surface area contributed by atoms with Crippen molar-refractivity contribution in [2.75, 3.05) is 0 Å². The standard InChI is InChI=1S/C17H26FN/c1-12(2)15-8-14(9-16(18)10-15)11-19-17-6-4-13(3)5-7-17/h8-10,12-13,17,19H,4-7,11H2,1-3H3. The molecule has 1 aromatic rings. The summed E-state index contributed by atoms with van der Waals surface area (Å²) in [5, 5.41) is 3.59. The lowest BCUT2D eigenvalue weighted by Gasteiger charge is -2.27. The number of hydrogen-bond donors (Lipinski definition) is 1.